The summed E-state index contributed by atoms with van der Waals surface area (Å²) in [6, 6.07) is 0. The van der Waals surface area contributed by atoms with E-state index in [1.807, 2.05) is 0 Å². The van der Waals surface area contributed by atoms with E-state index in [-0.39, 0.29) is 12.2 Å². The van der Waals surface area contributed by atoms with Crippen molar-refractivity contribution in [2.75, 3.05) is 7.11 Å². The fourth-order valence-corrected chi connectivity index (χ4v) is 1.32. The number of halogens is 5. The Kier molecular flexibility index (Phi) is 4.28. The maximum atomic E-state index is 12.8. The third-order valence-corrected chi connectivity index (χ3v) is 1.96. The standard InChI is InChI=1S/C9H9F5N2O2/c1-17-7-5(18-9(12,13)14)3-16-4(2-15)6(7)8(10)11/h3,8H,2,15H2,1H3. The highest BCUT2D eigenvalue weighted by atomic mass is 19.4. The summed E-state index contributed by atoms with van der Waals surface area (Å²) in [5, 5.41) is 0. The number of alkyl halides is 5. The van der Waals surface area contributed by atoms with Gasteiger partial charge in [-0.3, -0.25) is 4.98 Å². The zero-order chi connectivity index (χ0) is 13.9. The lowest BCUT2D eigenvalue weighted by molar-refractivity contribution is -0.275. The molecule has 0 aliphatic rings. The third kappa shape index (κ3) is 3.19. The van der Waals surface area contributed by atoms with Gasteiger partial charge >= 0.3 is 6.36 Å². The largest absolute Gasteiger partial charge is 0.573 e. The van der Waals surface area contributed by atoms with Gasteiger partial charge in [-0.15, -0.1) is 13.2 Å². The van der Waals surface area contributed by atoms with Crippen molar-refractivity contribution in [3.8, 4) is 11.5 Å². The lowest BCUT2D eigenvalue weighted by Gasteiger charge is -2.16. The molecular formula is C9H9F5N2O2. The van der Waals surface area contributed by atoms with Gasteiger partial charge in [0, 0.05) is 6.54 Å². The first-order valence-electron chi connectivity index (χ1n) is 4.59. The second kappa shape index (κ2) is 5.34. The summed E-state index contributed by atoms with van der Waals surface area (Å²) in [6.45, 7) is -0.359. The average Bonchev–Trinajstić information content (AvgIpc) is 2.26. The molecular weight excluding hydrogens is 263 g/mol. The number of methoxy groups -OCH3 is 1. The Labute approximate surface area is 98.5 Å². The lowest BCUT2D eigenvalue weighted by atomic mass is 10.1. The summed E-state index contributed by atoms with van der Waals surface area (Å²) in [5.74, 6) is -1.66. The van der Waals surface area contributed by atoms with Gasteiger partial charge in [-0.05, 0) is 0 Å². The first-order chi connectivity index (χ1) is 8.30. The summed E-state index contributed by atoms with van der Waals surface area (Å²) in [7, 11) is 0.949. The Morgan fingerprint density at radius 3 is 2.39 bits per heavy atom. The number of hydrogen-bond acceptors (Lipinski definition) is 4. The van der Waals surface area contributed by atoms with E-state index in [1.54, 1.807) is 0 Å². The first-order valence-corrected chi connectivity index (χ1v) is 4.59. The molecule has 0 fully saturated rings. The molecule has 18 heavy (non-hydrogen) atoms. The SMILES string of the molecule is COc1c(OC(F)(F)F)cnc(CN)c1C(F)F. The van der Waals surface area contributed by atoms with Gasteiger partial charge in [0.1, 0.15) is 0 Å². The van der Waals surface area contributed by atoms with Crippen molar-refractivity contribution in [1.29, 1.82) is 0 Å². The molecule has 0 unspecified atom stereocenters. The van der Waals surface area contributed by atoms with Crippen molar-refractivity contribution in [1.82, 2.24) is 4.98 Å². The van der Waals surface area contributed by atoms with Crippen LogP contribution < -0.4 is 15.2 Å². The molecule has 1 aromatic rings. The molecule has 0 spiro atoms. The number of rotatable bonds is 4. The molecule has 0 aromatic carbocycles. The lowest BCUT2D eigenvalue weighted by Crippen LogP contribution is -2.19. The summed E-state index contributed by atoms with van der Waals surface area (Å²) in [4.78, 5) is 3.40. The number of nitrogens with zero attached hydrogens (tertiary/aromatic N) is 1. The van der Waals surface area contributed by atoms with Crippen molar-refractivity contribution in [2.24, 2.45) is 5.73 Å². The molecule has 1 aromatic heterocycles. The number of pyridine rings is 1. The van der Waals surface area contributed by atoms with E-state index in [2.05, 4.69) is 14.5 Å². The smallest absolute Gasteiger partial charge is 0.492 e. The fourth-order valence-electron chi connectivity index (χ4n) is 1.32. The van der Waals surface area contributed by atoms with E-state index >= 15 is 0 Å². The maximum absolute atomic E-state index is 12.8. The zero-order valence-corrected chi connectivity index (χ0v) is 9.09. The van der Waals surface area contributed by atoms with Gasteiger partial charge in [0.25, 0.3) is 6.43 Å². The molecule has 4 nitrogen and oxygen atoms in total. The Hall–Kier alpha value is -1.64. The molecule has 0 aliphatic carbocycles. The highest BCUT2D eigenvalue weighted by Crippen LogP contribution is 2.40. The van der Waals surface area contributed by atoms with Crippen LogP contribution in [0.2, 0.25) is 0 Å². The Bertz CT molecular complexity index is 422. The van der Waals surface area contributed by atoms with Gasteiger partial charge in [0.2, 0.25) is 0 Å². The van der Waals surface area contributed by atoms with E-state index < -0.39 is 29.9 Å². The van der Waals surface area contributed by atoms with Crippen LogP contribution >= 0.6 is 0 Å². The van der Waals surface area contributed by atoms with Crippen LogP contribution in [-0.2, 0) is 6.54 Å². The van der Waals surface area contributed by atoms with Crippen molar-refractivity contribution >= 4 is 0 Å². The highest BCUT2D eigenvalue weighted by Gasteiger charge is 2.34. The van der Waals surface area contributed by atoms with Gasteiger partial charge in [-0.25, -0.2) is 8.78 Å². The Morgan fingerprint density at radius 1 is 1.39 bits per heavy atom. The normalized spacial score (nSPS) is 11.8. The molecule has 2 N–H and O–H groups in total. The van der Waals surface area contributed by atoms with Crippen LogP contribution in [0, 0.1) is 0 Å². The van der Waals surface area contributed by atoms with Gasteiger partial charge in [-0.2, -0.15) is 0 Å². The molecule has 0 saturated carbocycles. The molecule has 0 aliphatic heterocycles. The topological polar surface area (TPSA) is 57.4 Å². The van der Waals surface area contributed by atoms with Crippen molar-refractivity contribution in [3.63, 3.8) is 0 Å². The molecule has 0 saturated heterocycles. The van der Waals surface area contributed by atoms with Crippen molar-refractivity contribution < 1.29 is 31.4 Å². The van der Waals surface area contributed by atoms with Crippen LogP contribution in [0.1, 0.15) is 17.7 Å². The minimum atomic E-state index is -5.03. The van der Waals surface area contributed by atoms with Gasteiger partial charge in [0.05, 0.1) is 24.6 Å². The molecule has 1 heterocycles. The molecule has 102 valence electrons. The fraction of sp³-hybridized carbons (Fsp3) is 0.444. The summed E-state index contributed by atoms with van der Waals surface area (Å²) in [5.41, 5.74) is 4.12. The van der Waals surface area contributed by atoms with E-state index in [0.29, 0.717) is 6.20 Å². The van der Waals surface area contributed by atoms with Crippen molar-refractivity contribution in [3.05, 3.63) is 17.5 Å². The molecule has 0 bridgehead atoms. The molecule has 9 heteroatoms. The van der Waals surface area contributed by atoms with E-state index in [1.165, 1.54) is 0 Å². The first kappa shape index (κ1) is 14.4. The number of hydrogen-bond donors (Lipinski definition) is 1. The van der Waals surface area contributed by atoms with Crippen LogP contribution in [0.3, 0.4) is 0 Å². The zero-order valence-electron chi connectivity index (χ0n) is 9.09. The predicted octanol–water partition coefficient (Wildman–Crippen LogP) is 2.39. The van der Waals surface area contributed by atoms with Crippen LogP contribution in [0.15, 0.2) is 6.20 Å². The molecule has 0 amide bonds. The monoisotopic (exact) mass is 272 g/mol. The molecule has 0 radical (unpaired) electrons. The minimum absolute atomic E-state index is 0.253. The number of ether oxygens (including phenoxy) is 2. The minimum Gasteiger partial charge on any atom is -0.492 e. The number of aromatic nitrogens is 1. The van der Waals surface area contributed by atoms with E-state index in [4.69, 9.17) is 5.73 Å². The average molecular weight is 272 g/mol. The van der Waals surface area contributed by atoms with E-state index in [0.717, 1.165) is 7.11 Å². The highest BCUT2D eigenvalue weighted by molar-refractivity contribution is 5.48. The molecule has 1 rings (SSSR count). The van der Waals surface area contributed by atoms with Crippen LogP contribution in [0.25, 0.3) is 0 Å². The second-order valence-electron chi connectivity index (χ2n) is 3.07. The summed E-state index contributed by atoms with van der Waals surface area (Å²) < 4.78 is 69.8. The van der Waals surface area contributed by atoms with Crippen molar-refractivity contribution in [2.45, 2.75) is 19.3 Å². The number of nitrogens with two attached hydrogens (primary N) is 1. The van der Waals surface area contributed by atoms with E-state index in [9.17, 15) is 22.0 Å². The van der Waals surface area contributed by atoms with Gasteiger partial charge < -0.3 is 15.2 Å². The van der Waals surface area contributed by atoms with Gasteiger partial charge in [-0.1, -0.05) is 0 Å². The Balaban J connectivity index is 3.33. The van der Waals surface area contributed by atoms with Gasteiger partial charge in [0.15, 0.2) is 11.5 Å². The summed E-state index contributed by atoms with van der Waals surface area (Å²) >= 11 is 0. The second-order valence-corrected chi connectivity index (χ2v) is 3.07. The summed E-state index contributed by atoms with van der Waals surface area (Å²) in [6.07, 6.45) is -7.47. The van der Waals surface area contributed by atoms with Crippen LogP contribution in [-0.4, -0.2) is 18.5 Å². The molecule has 0 atom stereocenters. The predicted molar refractivity (Wildman–Crippen MR) is 50.3 cm³/mol. The third-order valence-electron chi connectivity index (χ3n) is 1.96. The quantitative estimate of drug-likeness (QED) is 0.855. The van der Waals surface area contributed by atoms with Crippen LogP contribution in [0.4, 0.5) is 22.0 Å². The maximum Gasteiger partial charge on any atom is 0.573 e. The van der Waals surface area contributed by atoms with Crippen LogP contribution in [0.5, 0.6) is 11.5 Å². The Morgan fingerprint density at radius 2 is 2.00 bits per heavy atom.